The first kappa shape index (κ1) is 20.6. The van der Waals surface area contributed by atoms with Crippen LogP contribution in [0.1, 0.15) is 47.4 Å². The van der Waals surface area contributed by atoms with E-state index in [1.165, 1.54) is 0 Å². The molecule has 0 radical (unpaired) electrons. The van der Waals surface area contributed by atoms with Crippen molar-refractivity contribution in [3.8, 4) is 0 Å². The Balaban J connectivity index is 1.47. The van der Waals surface area contributed by atoms with Crippen LogP contribution in [0.4, 0.5) is 19.0 Å². The molecule has 3 aliphatic rings. The van der Waals surface area contributed by atoms with Crippen LogP contribution in [-0.4, -0.2) is 63.9 Å². The van der Waals surface area contributed by atoms with Crippen LogP contribution in [0.25, 0.3) is 0 Å². The molecule has 2 aromatic rings. The van der Waals surface area contributed by atoms with Gasteiger partial charge in [0.15, 0.2) is 11.7 Å². The molecule has 2 fully saturated rings. The van der Waals surface area contributed by atoms with Gasteiger partial charge in [-0.25, -0.2) is 4.68 Å². The molecule has 5 rings (SSSR count). The van der Waals surface area contributed by atoms with Gasteiger partial charge in [-0.3, -0.25) is 9.69 Å². The van der Waals surface area contributed by atoms with Crippen molar-refractivity contribution in [3.05, 3.63) is 46.6 Å². The van der Waals surface area contributed by atoms with Crippen molar-refractivity contribution in [1.29, 1.82) is 0 Å². The molecule has 4 heterocycles. The zero-order valence-electron chi connectivity index (χ0n) is 16.8. The summed E-state index contributed by atoms with van der Waals surface area (Å²) < 4.78 is 42.6. The normalized spacial score (nSPS) is 26.3. The summed E-state index contributed by atoms with van der Waals surface area (Å²) in [4.78, 5) is 17.2. The molecule has 166 valence electrons. The third-order valence-electron chi connectivity index (χ3n) is 6.57. The second kappa shape index (κ2) is 7.70. The molecule has 3 aliphatic heterocycles. The number of benzene rings is 1. The van der Waals surface area contributed by atoms with E-state index in [0.29, 0.717) is 19.1 Å². The molecule has 0 bridgehead atoms. The SMILES string of the molecule is O=C(c1nn2c(c1Cl)NC(c1ccccc1)CC2C(F)(F)F)N1CCN2CCCC2C1. The molecular formula is C21H23ClF3N5O. The fourth-order valence-electron chi connectivity index (χ4n) is 4.96. The number of nitrogens with zero attached hydrogens (tertiary/aromatic N) is 4. The third-order valence-corrected chi connectivity index (χ3v) is 6.93. The van der Waals surface area contributed by atoms with Crippen molar-refractivity contribution in [1.82, 2.24) is 19.6 Å². The average molecular weight is 454 g/mol. The summed E-state index contributed by atoms with van der Waals surface area (Å²) in [5, 5.41) is 7.13. The van der Waals surface area contributed by atoms with Crippen molar-refractivity contribution < 1.29 is 18.0 Å². The summed E-state index contributed by atoms with van der Waals surface area (Å²) in [7, 11) is 0. The Labute approximate surface area is 182 Å². The highest BCUT2D eigenvalue weighted by atomic mass is 35.5. The highest BCUT2D eigenvalue weighted by Gasteiger charge is 2.48. The zero-order valence-corrected chi connectivity index (χ0v) is 17.5. The second-order valence-electron chi connectivity index (χ2n) is 8.44. The maximum atomic E-state index is 13.9. The van der Waals surface area contributed by atoms with Gasteiger partial charge in [-0.05, 0) is 24.9 Å². The number of anilines is 1. The minimum atomic E-state index is -4.52. The van der Waals surface area contributed by atoms with Crippen LogP contribution >= 0.6 is 11.6 Å². The van der Waals surface area contributed by atoms with E-state index in [-0.39, 0.29) is 23.0 Å². The topological polar surface area (TPSA) is 53.4 Å². The zero-order chi connectivity index (χ0) is 21.8. The molecule has 0 spiro atoms. The molecule has 1 N–H and O–H groups in total. The quantitative estimate of drug-likeness (QED) is 0.743. The number of piperazine rings is 1. The highest BCUT2D eigenvalue weighted by Crippen LogP contribution is 2.46. The van der Waals surface area contributed by atoms with Crippen LogP contribution in [0.2, 0.25) is 5.02 Å². The largest absolute Gasteiger partial charge is 0.410 e. The summed E-state index contributed by atoms with van der Waals surface area (Å²) in [5.74, 6) is -0.357. The van der Waals surface area contributed by atoms with Crippen molar-refractivity contribution in [2.75, 3.05) is 31.5 Å². The average Bonchev–Trinajstić information content (AvgIpc) is 3.36. The van der Waals surface area contributed by atoms with Crippen molar-refractivity contribution >= 4 is 23.3 Å². The molecule has 1 amide bonds. The predicted molar refractivity (Wildman–Crippen MR) is 110 cm³/mol. The Bertz CT molecular complexity index is 979. The van der Waals surface area contributed by atoms with Crippen LogP contribution in [-0.2, 0) is 0 Å². The van der Waals surface area contributed by atoms with Crippen molar-refractivity contribution in [2.24, 2.45) is 0 Å². The van der Waals surface area contributed by atoms with Gasteiger partial charge in [-0.2, -0.15) is 18.3 Å². The summed E-state index contributed by atoms with van der Waals surface area (Å²) in [6, 6.07) is 6.79. The van der Waals surface area contributed by atoms with E-state index in [2.05, 4.69) is 15.3 Å². The van der Waals surface area contributed by atoms with E-state index < -0.39 is 24.2 Å². The third kappa shape index (κ3) is 3.67. The molecule has 6 nitrogen and oxygen atoms in total. The Kier molecular flexibility index (Phi) is 5.13. The van der Waals surface area contributed by atoms with E-state index in [0.717, 1.165) is 36.2 Å². The minimum absolute atomic E-state index is 0.0475. The molecule has 10 heteroatoms. The van der Waals surface area contributed by atoms with Gasteiger partial charge in [0.2, 0.25) is 0 Å². The molecule has 1 aromatic heterocycles. The van der Waals surface area contributed by atoms with E-state index in [9.17, 15) is 18.0 Å². The standard InChI is InChI=1S/C21H23ClF3N5O/c22-17-18(20(31)29-10-9-28-8-4-7-14(28)12-29)27-30-16(21(23,24)25)11-15(26-19(17)30)13-5-2-1-3-6-13/h1-3,5-6,14-16,26H,4,7-12H2. The van der Waals surface area contributed by atoms with E-state index >= 15 is 0 Å². The first-order chi connectivity index (χ1) is 14.8. The molecule has 3 atom stereocenters. The number of rotatable bonds is 2. The molecule has 0 saturated carbocycles. The van der Waals surface area contributed by atoms with Gasteiger partial charge >= 0.3 is 6.18 Å². The highest BCUT2D eigenvalue weighted by molar-refractivity contribution is 6.36. The number of aromatic nitrogens is 2. The van der Waals surface area contributed by atoms with E-state index in [4.69, 9.17) is 11.6 Å². The maximum absolute atomic E-state index is 13.9. The van der Waals surface area contributed by atoms with Gasteiger partial charge in [-0.1, -0.05) is 41.9 Å². The van der Waals surface area contributed by atoms with Gasteiger partial charge in [0, 0.05) is 32.1 Å². The van der Waals surface area contributed by atoms with E-state index in [1.54, 1.807) is 29.2 Å². The number of amides is 1. The van der Waals surface area contributed by atoms with Crippen molar-refractivity contribution in [2.45, 2.75) is 43.6 Å². The first-order valence-corrected chi connectivity index (χ1v) is 10.9. The van der Waals surface area contributed by atoms with Crippen LogP contribution in [0.3, 0.4) is 0 Å². The monoisotopic (exact) mass is 453 g/mol. The predicted octanol–water partition coefficient (Wildman–Crippen LogP) is 4.12. The van der Waals surface area contributed by atoms with Crippen LogP contribution in [0, 0.1) is 0 Å². The first-order valence-electron chi connectivity index (χ1n) is 10.5. The maximum Gasteiger partial charge on any atom is 0.410 e. The van der Waals surface area contributed by atoms with Crippen molar-refractivity contribution in [3.63, 3.8) is 0 Å². The summed E-state index contributed by atoms with van der Waals surface area (Å²) in [5.41, 5.74) is 0.615. The number of fused-ring (bicyclic) bond motifs is 2. The minimum Gasteiger partial charge on any atom is -0.362 e. The molecular weight excluding hydrogens is 431 g/mol. The number of halogens is 4. The van der Waals surface area contributed by atoms with Gasteiger partial charge in [-0.15, -0.1) is 0 Å². The van der Waals surface area contributed by atoms with E-state index in [1.807, 2.05) is 6.07 Å². The van der Waals surface area contributed by atoms with Crippen LogP contribution < -0.4 is 5.32 Å². The van der Waals surface area contributed by atoms with Gasteiger partial charge in [0.05, 0.1) is 6.04 Å². The molecule has 31 heavy (non-hydrogen) atoms. The number of nitrogens with one attached hydrogen (secondary N) is 1. The van der Waals surface area contributed by atoms with Gasteiger partial charge in [0.25, 0.3) is 5.91 Å². The number of carbonyl (C=O) groups is 1. The number of carbonyl (C=O) groups excluding carboxylic acids is 1. The number of alkyl halides is 3. The van der Waals surface area contributed by atoms with Crippen LogP contribution in [0.5, 0.6) is 0 Å². The summed E-state index contributed by atoms with van der Waals surface area (Å²) in [6.07, 6.45) is -2.63. The fraction of sp³-hybridized carbons (Fsp3) is 0.524. The van der Waals surface area contributed by atoms with Gasteiger partial charge in [0.1, 0.15) is 10.8 Å². The number of hydrogen-bond acceptors (Lipinski definition) is 4. The Hall–Kier alpha value is -2.26. The Morgan fingerprint density at radius 3 is 2.68 bits per heavy atom. The Morgan fingerprint density at radius 1 is 1.16 bits per heavy atom. The lowest BCUT2D eigenvalue weighted by Gasteiger charge is -2.37. The second-order valence-corrected chi connectivity index (χ2v) is 8.82. The smallest absolute Gasteiger partial charge is 0.362 e. The summed E-state index contributed by atoms with van der Waals surface area (Å²) >= 11 is 6.46. The Morgan fingerprint density at radius 2 is 1.94 bits per heavy atom. The lowest BCUT2D eigenvalue weighted by atomic mass is 9.97. The summed E-state index contributed by atoms with van der Waals surface area (Å²) in [6.45, 7) is 2.88. The number of hydrogen-bond donors (Lipinski definition) is 1. The van der Waals surface area contributed by atoms with Crippen LogP contribution in [0.15, 0.2) is 30.3 Å². The molecule has 3 unspecified atom stereocenters. The molecule has 2 saturated heterocycles. The molecule has 0 aliphatic carbocycles. The van der Waals surface area contributed by atoms with Gasteiger partial charge < -0.3 is 10.2 Å². The molecule has 1 aromatic carbocycles. The lowest BCUT2D eigenvalue weighted by Crippen LogP contribution is -2.52. The lowest BCUT2D eigenvalue weighted by molar-refractivity contribution is -0.173. The fourth-order valence-corrected chi connectivity index (χ4v) is 5.22.